The van der Waals surface area contributed by atoms with Crippen molar-refractivity contribution in [3.05, 3.63) is 72.6 Å². The molecular formula is C19H21Cl2N3O. The van der Waals surface area contributed by atoms with Crippen LogP contribution in [-0.4, -0.2) is 29.9 Å². The number of nitrogens with zero attached hydrogens (tertiary/aromatic N) is 2. The zero-order valence-corrected chi connectivity index (χ0v) is 15.7. The van der Waals surface area contributed by atoms with E-state index in [2.05, 4.69) is 10.3 Å². The molecule has 4 nitrogen and oxygen atoms in total. The lowest BCUT2D eigenvalue weighted by atomic mass is 10.0. The van der Waals surface area contributed by atoms with Gasteiger partial charge in [0.1, 0.15) is 6.04 Å². The Kier molecular flexibility index (Phi) is 7.84. The van der Waals surface area contributed by atoms with Crippen LogP contribution in [0.3, 0.4) is 0 Å². The summed E-state index contributed by atoms with van der Waals surface area (Å²) in [5.74, 6) is -0.0467. The van der Waals surface area contributed by atoms with Crippen LogP contribution in [-0.2, 0) is 4.79 Å². The largest absolute Gasteiger partial charge is 0.324 e. The summed E-state index contributed by atoms with van der Waals surface area (Å²) in [5, 5.41) is 5.12. The molecule has 3 rings (SSSR count). The molecule has 1 N–H and O–H groups in total. The van der Waals surface area contributed by atoms with Crippen LogP contribution < -0.4 is 5.32 Å². The monoisotopic (exact) mass is 377 g/mol. The summed E-state index contributed by atoms with van der Waals surface area (Å²) in [6.45, 7) is 0. The number of nitrogens with one attached hydrogen (secondary N) is 1. The van der Waals surface area contributed by atoms with Gasteiger partial charge in [-0.1, -0.05) is 36.4 Å². The molecule has 0 aliphatic carbocycles. The lowest BCUT2D eigenvalue weighted by Crippen LogP contribution is -2.32. The van der Waals surface area contributed by atoms with Crippen LogP contribution in [0.15, 0.2) is 67.0 Å². The molecule has 3 aromatic rings. The SMILES string of the molecule is CN(C)[C@@H](C(=O)Nc1ccc2cnccc2c1)c1ccccc1.Cl.Cl. The Hall–Kier alpha value is -2.14. The van der Waals surface area contributed by atoms with Crippen molar-refractivity contribution in [2.75, 3.05) is 19.4 Å². The van der Waals surface area contributed by atoms with Gasteiger partial charge in [0, 0.05) is 23.5 Å². The average Bonchev–Trinajstić information content (AvgIpc) is 2.55. The predicted molar refractivity (Wildman–Crippen MR) is 108 cm³/mol. The molecule has 1 heterocycles. The third kappa shape index (κ3) is 4.92. The van der Waals surface area contributed by atoms with Gasteiger partial charge < -0.3 is 5.32 Å². The van der Waals surface area contributed by atoms with E-state index in [0.717, 1.165) is 22.0 Å². The number of aromatic nitrogens is 1. The van der Waals surface area contributed by atoms with Gasteiger partial charge in [-0.05, 0) is 43.2 Å². The Morgan fingerprint density at radius 1 is 1.00 bits per heavy atom. The molecule has 0 saturated carbocycles. The molecule has 1 amide bonds. The van der Waals surface area contributed by atoms with E-state index in [0.29, 0.717) is 0 Å². The highest BCUT2D eigenvalue weighted by Crippen LogP contribution is 2.22. The second kappa shape index (κ2) is 9.37. The van der Waals surface area contributed by atoms with Crippen molar-refractivity contribution in [3.8, 4) is 0 Å². The number of amides is 1. The highest BCUT2D eigenvalue weighted by Gasteiger charge is 2.22. The van der Waals surface area contributed by atoms with E-state index < -0.39 is 0 Å². The Labute approximate surface area is 160 Å². The molecule has 0 unspecified atom stereocenters. The van der Waals surface area contributed by atoms with Crippen molar-refractivity contribution in [3.63, 3.8) is 0 Å². The minimum Gasteiger partial charge on any atom is -0.324 e. The number of halogens is 2. The van der Waals surface area contributed by atoms with Crippen LogP contribution in [0.4, 0.5) is 5.69 Å². The maximum absolute atomic E-state index is 12.7. The Balaban J connectivity index is 0.00000156. The Morgan fingerprint density at radius 2 is 1.72 bits per heavy atom. The predicted octanol–water partition coefficient (Wildman–Crippen LogP) is 4.32. The summed E-state index contributed by atoms with van der Waals surface area (Å²) in [6, 6.07) is 17.2. The summed E-state index contributed by atoms with van der Waals surface area (Å²) in [4.78, 5) is 18.7. The highest BCUT2D eigenvalue weighted by molar-refractivity contribution is 5.97. The van der Waals surface area contributed by atoms with Crippen molar-refractivity contribution in [2.24, 2.45) is 0 Å². The lowest BCUT2D eigenvalue weighted by molar-refractivity contribution is -0.120. The first kappa shape index (κ1) is 20.9. The molecule has 2 aromatic carbocycles. The zero-order valence-electron chi connectivity index (χ0n) is 14.0. The van der Waals surface area contributed by atoms with Gasteiger partial charge in [-0.2, -0.15) is 0 Å². The fraction of sp³-hybridized carbons (Fsp3) is 0.158. The van der Waals surface area contributed by atoms with Crippen LogP contribution in [0.25, 0.3) is 10.8 Å². The van der Waals surface area contributed by atoms with Gasteiger partial charge in [-0.3, -0.25) is 14.7 Å². The smallest absolute Gasteiger partial charge is 0.246 e. The number of rotatable bonds is 4. The van der Waals surface area contributed by atoms with Crippen LogP contribution in [0.5, 0.6) is 0 Å². The average molecular weight is 378 g/mol. The first-order chi connectivity index (χ1) is 11.1. The summed E-state index contributed by atoms with van der Waals surface area (Å²) >= 11 is 0. The number of carbonyl (C=O) groups excluding carboxylic acids is 1. The van der Waals surface area contributed by atoms with Gasteiger partial charge in [-0.25, -0.2) is 0 Å². The van der Waals surface area contributed by atoms with E-state index in [-0.39, 0.29) is 36.8 Å². The van der Waals surface area contributed by atoms with Gasteiger partial charge >= 0.3 is 0 Å². The number of benzene rings is 2. The summed E-state index contributed by atoms with van der Waals surface area (Å²) < 4.78 is 0. The van der Waals surface area contributed by atoms with E-state index in [9.17, 15) is 4.79 Å². The van der Waals surface area contributed by atoms with E-state index in [4.69, 9.17) is 0 Å². The number of hydrogen-bond donors (Lipinski definition) is 1. The molecule has 0 radical (unpaired) electrons. The van der Waals surface area contributed by atoms with Gasteiger partial charge in [0.25, 0.3) is 0 Å². The Morgan fingerprint density at radius 3 is 2.40 bits per heavy atom. The minimum atomic E-state index is -0.329. The molecule has 0 fully saturated rings. The molecule has 0 aliphatic heterocycles. The standard InChI is InChI=1S/C19H19N3O.2ClH/c1-22(2)18(14-6-4-3-5-7-14)19(23)21-17-9-8-16-13-20-11-10-15(16)12-17;;/h3-13,18H,1-2H3,(H,21,23);2*1H/t18-;;/m1../s1. The Bertz CT molecular complexity index is 825. The first-order valence-corrected chi connectivity index (χ1v) is 7.51. The van der Waals surface area contributed by atoms with E-state index in [1.54, 1.807) is 6.20 Å². The topological polar surface area (TPSA) is 45.2 Å². The van der Waals surface area contributed by atoms with Crippen molar-refractivity contribution in [1.29, 1.82) is 0 Å². The normalized spacial score (nSPS) is 11.3. The molecule has 1 aromatic heterocycles. The fourth-order valence-corrected chi connectivity index (χ4v) is 2.69. The van der Waals surface area contributed by atoms with Gasteiger partial charge in [0.2, 0.25) is 5.91 Å². The molecule has 1 atom stereocenters. The maximum Gasteiger partial charge on any atom is 0.246 e. The third-order valence-electron chi connectivity index (χ3n) is 3.79. The molecule has 0 saturated heterocycles. The quantitative estimate of drug-likeness (QED) is 0.736. The molecule has 0 bridgehead atoms. The summed E-state index contributed by atoms with van der Waals surface area (Å²) in [5.41, 5.74) is 1.76. The van der Waals surface area contributed by atoms with Gasteiger partial charge in [0.05, 0.1) is 0 Å². The molecule has 132 valence electrons. The van der Waals surface area contributed by atoms with E-state index in [1.165, 1.54) is 0 Å². The van der Waals surface area contributed by atoms with E-state index >= 15 is 0 Å². The number of hydrogen-bond acceptors (Lipinski definition) is 3. The maximum atomic E-state index is 12.7. The summed E-state index contributed by atoms with van der Waals surface area (Å²) in [6.07, 6.45) is 3.56. The number of fused-ring (bicyclic) bond motifs is 1. The number of anilines is 1. The van der Waals surface area contributed by atoms with Gasteiger partial charge in [0.15, 0.2) is 0 Å². The molecule has 0 spiro atoms. The number of carbonyl (C=O) groups is 1. The van der Waals surface area contributed by atoms with Crippen LogP contribution in [0, 0.1) is 0 Å². The molecule has 0 aliphatic rings. The minimum absolute atomic E-state index is 0. The third-order valence-corrected chi connectivity index (χ3v) is 3.79. The lowest BCUT2D eigenvalue weighted by Gasteiger charge is -2.24. The number of likely N-dealkylation sites (N-methyl/N-ethyl adjacent to an activating group) is 1. The molecule has 6 heteroatoms. The fourth-order valence-electron chi connectivity index (χ4n) is 2.69. The second-order valence-corrected chi connectivity index (χ2v) is 5.70. The van der Waals surface area contributed by atoms with Crippen LogP contribution in [0.2, 0.25) is 0 Å². The van der Waals surface area contributed by atoms with Gasteiger partial charge in [-0.15, -0.1) is 24.8 Å². The van der Waals surface area contributed by atoms with Crippen molar-refractivity contribution < 1.29 is 4.79 Å². The van der Waals surface area contributed by atoms with Crippen LogP contribution in [0.1, 0.15) is 11.6 Å². The van der Waals surface area contributed by atoms with Crippen molar-refractivity contribution >= 4 is 47.2 Å². The summed E-state index contributed by atoms with van der Waals surface area (Å²) in [7, 11) is 3.81. The van der Waals surface area contributed by atoms with Crippen LogP contribution >= 0.6 is 24.8 Å². The second-order valence-electron chi connectivity index (χ2n) is 5.70. The van der Waals surface area contributed by atoms with E-state index in [1.807, 2.05) is 79.8 Å². The first-order valence-electron chi connectivity index (χ1n) is 7.51. The highest BCUT2D eigenvalue weighted by atomic mass is 35.5. The molecule has 25 heavy (non-hydrogen) atoms. The van der Waals surface area contributed by atoms with Crippen molar-refractivity contribution in [1.82, 2.24) is 9.88 Å². The number of pyridine rings is 1. The zero-order chi connectivity index (χ0) is 16.2. The van der Waals surface area contributed by atoms with Crippen molar-refractivity contribution in [2.45, 2.75) is 6.04 Å². The molecular weight excluding hydrogens is 357 g/mol.